The summed E-state index contributed by atoms with van der Waals surface area (Å²) in [5.74, 6) is 0. The van der Waals surface area contributed by atoms with Gasteiger partial charge < -0.3 is 0 Å². The predicted octanol–water partition coefficient (Wildman–Crippen LogP) is 19.6. The molecule has 418 valence electrons. The maximum absolute atomic E-state index is 5.02. The second-order valence-corrected chi connectivity index (χ2v) is 21.4. The van der Waals surface area contributed by atoms with E-state index in [2.05, 4.69) is 280 Å². The van der Waals surface area contributed by atoms with E-state index in [0.29, 0.717) is 0 Å². The number of aliphatic imine (C=N–C) groups is 2. The largest absolute Gasteiger partial charge is 0.286 e. The van der Waals surface area contributed by atoms with Gasteiger partial charge in [0.05, 0.1) is 45.6 Å². The standard InChI is InChI=1S/C24H22.C22H18N2.C22H22N2.C8H8N2S.H2S/c1-19-3-7-21(8-4-19)11-13-23-15-17-24(18-16-23)14-12-22-9-5-20(2)6-10-22;1-15-13-14-16(2)20-19(15)23-21(17-9-5-3-6-10-17)22(24-20)18-11-7-4-8-12-18;1-15-5-9-17(10-6-15)19-13-14-20(22(24-4)21(19)23-3)18-11-7-16(2)8-12-18;1-5-3-4-6(2)8-7(5)9-11-10-8;/h3-18H,1-2H3;3-14H,1-2H3;5-14H,1-4H3;3-4H,1-2H3;1H2/b13-11+,14-12+;;;;. The summed E-state index contributed by atoms with van der Waals surface area (Å²) in [7, 11) is 3.67. The number of allylic oxidation sites excluding steroid dienone is 4. The van der Waals surface area contributed by atoms with Gasteiger partial charge in [0.2, 0.25) is 0 Å². The average molecular weight is 1130 g/mol. The molecule has 11 aromatic rings. The molecule has 0 atom stereocenters. The minimum atomic E-state index is 0. The highest BCUT2D eigenvalue weighted by Crippen LogP contribution is 2.33. The van der Waals surface area contributed by atoms with Crippen LogP contribution < -0.4 is 0 Å². The van der Waals surface area contributed by atoms with Gasteiger partial charge >= 0.3 is 0 Å². The molecule has 0 N–H and O–H groups in total. The first-order valence-electron chi connectivity index (χ1n) is 28.0. The molecule has 0 saturated carbocycles. The number of rotatable bonds is 8. The van der Waals surface area contributed by atoms with Crippen molar-refractivity contribution in [1.82, 2.24) is 18.7 Å². The summed E-state index contributed by atoms with van der Waals surface area (Å²) in [4.78, 5) is 19.1. The van der Waals surface area contributed by atoms with E-state index in [4.69, 9.17) is 9.97 Å². The van der Waals surface area contributed by atoms with Crippen molar-refractivity contribution in [1.29, 1.82) is 0 Å². The van der Waals surface area contributed by atoms with Crippen molar-refractivity contribution in [2.45, 2.75) is 55.4 Å². The molecule has 9 aromatic carbocycles. The number of nitrogens with zero attached hydrogens (tertiary/aromatic N) is 6. The van der Waals surface area contributed by atoms with Crippen molar-refractivity contribution < 1.29 is 0 Å². The minimum absolute atomic E-state index is 0. The van der Waals surface area contributed by atoms with E-state index in [1.165, 1.54) is 78.5 Å². The normalized spacial score (nSPS) is 12.9. The van der Waals surface area contributed by atoms with Crippen LogP contribution in [0.4, 0.5) is 0 Å². The van der Waals surface area contributed by atoms with Crippen molar-refractivity contribution in [3.8, 4) is 22.5 Å². The fourth-order valence-corrected chi connectivity index (χ4v) is 10.2. The summed E-state index contributed by atoms with van der Waals surface area (Å²) in [5, 5.41) is 0. The monoisotopic (exact) mass is 1130 g/mol. The fraction of sp³-hybridized carbons (Fsp3) is 0.132. The third kappa shape index (κ3) is 15.5. The second-order valence-electron chi connectivity index (χ2n) is 20.9. The van der Waals surface area contributed by atoms with E-state index in [1.54, 1.807) is 0 Å². The Labute approximate surface area is 508 Å². The molecule has 12 rings (SSSR count). The van der Waals surface area contributed by atoms with E-state index in [-0.39, 0.29) is 13.5 Å². The molecule has 6 nitrogen and oxygen atoms in total. The van der Waals surface area contributed by atoms with Gasteiger partial charge in [-0.1, -0.05) is 265 Å². The Morgan fingerprint density at radius 3 is 0.881 bits per heavy atom. The van der Waals surface area contributed by atoms with Crippen molar-refractivity contribution >= 4 is 94.2 Å². The lowest BCUT2D eigenvalue weighted by atomic mass is 9.86. The van der Waals surface area contributed by atoms with Crippen LogP contribution in [0.3, 0.4) is 0 Å². The highest BCUT2D eigenvalue weighted by molar-refractivity contribution is 7.59. The second kappa shape index (κ2) is 29.2. The molecule has 0 spiro atoms. The first-order valence-corrected chi connectivity index (χ1v) is 28.8. The smallest absolute Gasteiger partial charge is 0.107 e. The van der Waals surface area contributed by atoms with Gasteiger partial charge in [-0.2, -0.15) is 22.2 Å². The van der Waals surface area contributed by atoms with Crippen LogP contribution >= 0.6 is 25.2 Å². The summed E-state index contributed by atoms with van der Waals surface area (Å²) in [6.07, 6.45) is 12.9. The molecule has 0 radical (unpaired) electrons. The Bertz CT molecular complexity index is 3900. The first kappa shape index (κ1) is 60.9. The Balaban J connectivity index is 0.000000150. The van der Waals surface area contributed by atoms with Gasteiger partial charge in [0, 0.05) is 36.4 Å². The Morgan fingerprint density at radius 2 is 0.583 bits per heavy atom. The molecule has 0 fully saturated rings. The van der Waals surface area contributed by atoms with Gasteiger partial charge in [-0.25, -0.2) is 9.97 Å². The van der Waals surface area contributed by atoms with Crippen LogP contribution in [0.5, 0.6) is 0 Å². The molecule has 0 unspecified atom stereocenters. The summed E-state index contributed by atoms with van der Waals surface area (Å²) in [6, 6.07) is 71.8. The third-order valence-corrected chi connectivity index (χ3v) is 15.0. The van der Waals surface area contributed by atoms with E-state index in [9.17, 15) is 0 Å². The van der Waals surface area contributed by atoms with Crippen LogP contribution in [-0.2, 0) is 0 Å². The molecule has 0 saturated heterocycles. The fourth-order valence-electron chi connectivity index (χ4n) is 9.52. The Kier molecular flexibility index (Phi) is 21.1. The molecular weight excluding hydrogens is 1060 g/mol. The molecule has 0 amide bonds. The third-order valence-electron chi connectivity index (χ3n) is 14.5. The number of benzene rings is 9. The average Bonchev–Trinajstić information content (AvgIpc) is 3.77. The van der Waals surface area contributed by atoms with Gasteiger partial charge in [-0.15, -0.1) is 0 Å². The van der Waals surface area contributed by atoms with Gasteiger partial charge in [-0.05, 0) is 111 Å². The highest BCUT2D eigenvalue weighted by Gasteiger charge is 2.23. The lowest BCUT2D eigenvalue weighted by Crippen LogP contribution is -2.21. The molecule has 0 aliphatic heterocycles. The molecule has 8 heteroatoms. The van der Waals surface area contributed by atoms with Gasteiger partial charge in [0.1, 0.15) is 11.0 Å². The SMILES string of the molecule is CN=C1C(c2ccc(C)cc2)=CC=C(c2ccc(C)cc2)C1=NC.Cc1ccc(/C=C/c2ccc(/C=C/c3ccc(C)cc3)cc2)cc1.Cc1ccc(C)c2nc(-c3ccccc3)c(-c3ccccc3)nc12.Cc1ccc(C)c2nsnc12.S. The number of hydrogen-bond acceptors (Lipinski definition) is 7. The number of hydrogen-bond donors (Lipinski definition) is 0. The van der Waals surface area contributed by atoms with Gasteiger partial charge in [0.25, 0.3) is 0 Å². The quantitative estimate of drug-likeness (QED) is 0.112. The van der Waals surface area contributed by atoms with Crippen LogP contribution in [0, 0.1) is 55.4 Å². The van der Waals surface area contributed by atoms with Gasteiger partial charge in [0.15, 0.2) is 0 Å². The molecule has 0 bridgehead atoms. The zero-order valence-corrected chi connectivity index (χ0v) is 51.5. The van der Waals surface area contributed by atoms with Crippen molar-refractivity contribution in [2.75, 3.05) is 14.1 Å². The highest BCUT2D eigenvalue weighted by atomic mass is 32.1. The zero-order chi connectivity index (χ0) is 58.2. The zero-order valence-electron chi connectivity index (χ0n) is 49.7. The molecule has 1 aliphatic rings. The Morgan fingerprint density at radius 1 is 0.310 bits per heavy atom. The summed E-state index contributed by atoms with van der Waals surface area (Å²) in [6.45, 7) is 16.7. The maximum atomic E-state index is 5.02. The Hall–Kier alpha value is -9.21. The topological polar surface area (TPSA) is 76.3 Å². The minimum Gasteiger partial charge on any atom is -0.286 e. The number of aryl methyl sites for hydroxylation is 8. The predicted molar refractivity (Wildman–Crippen MR) is 369 cm³/mol. The van der Waals surface area contributed by atoms with Crippen LogP contribution in [0.1, 0.15) is 77.9 Å². The molecule has 84 heavy (non-hydrogen) atoms. The first-order chi connectivity index (χ1) is 40.3. The van der Waals surface area contributed by atoms with E-state index in [1.807, 2.05) is 50.5 Å². The molecule has 2 heterocycles. The van der Waals surface area contributed by atoms with Crippen molar-refractivity contribution in [3.63, 3.8) is 0 Å². The molecule has 2 aromatic heterocycles. The van der Waals surface area contributed by atoms with Crippen molar-refractivity contribution in [3.05, 3.63) is 296 Å². The summed E-state index contributed by atoms with van der Waals surface area (Å²) in [5.41, 5.74) is 29.3. The number of aromatic nitrogens is 4. The van der Waals surface area contributed by atoms with Crippen LogP contribution in [0.25, 0.3) is 80.0 Å². The number of fused-ring (bicyclic) bond motifs is 2. The van der Waals surface area contributed by atoms with Crippen molar-refractivity contribution in [2.24, 2.45) is 9.98 Å². The molecular formula is C76H72N6S2. The van der Waals surface area contributed by atoms with Crippen LogP contribution in [0.15, 0.2) is 228 Å². The summed E-state index contributed by atoms with van der Waals surface area (Å²) < 4.78 is 8.42. The lowest BCUT2D eigenvalue weighted by Gasteiger charge is -2.20. The van der Waals surface area contributed by atoms with E-state index < -0.39 is 0 Å². The van der Waals surface area contributed by atoms with E-state index >= 15 is 0 Å². The lowest BCUT2D eigenvalue weighted by molar-refractivity contribution is 1.25. The van der Waals surface area contributed by atoms with Crippen LogP contribution in [-0.4, -0.2) is 44.2 Å². The molecule has 1 aliphatic carbocycles. The summed E-state index contributed by atoms with van der Waals surface area (Å²) >= 11 is 1.28. The van der Waals surface area contributed by atoms with Gasteiger partial charge in [-0.3, -0.25) is 9.98 Å². The maximum Gasteiger partial charge on any atom is 0.107 e. The van der Waals surface area contributed by atoms with Crippen LogP contribution in [0.2, 0.25) is 0 Å². The van der Waals surface area contributed by atoms with E-state index in [0.717, 1.165) is 78.3 Å².